The summed E-state index contributed by atoms with van der Waals surface area (Å²) in [6, 6.07) is -0.322. The lowest BCUT2D eigenvalue weighted by atomic mass is 9.97. The molecule has 0 aromatic rings. The van der Waals surface area contributed by atoms with E-state index in [1.54, 1.807) is 27.7 Å². The van der Waals surface area contributed by atoms with E-state index in [0.29, 0.717) is 6.42 Å². The van der Waals surface area contributed by atoms with Crippen molar-refractivity contribution in [2.24, 2.45) is 0 Å². The number of carbonyl (C=O) groups excluding carboxylic acids is 1. The maximum atomic E-state index is 11.6. The molecular formula is C12H23NO5. The van der Waals surface area contributed by atoms with E-state index >= 15 is 0 Å². The van der Waals surface area contributed by atoms with E-state index in [4.69, 9.17) is 14.6 Å². The average molecular weight is 261 g/mol. The Labute approximate surface area is 107 Å². The van der Waals surface area contributed by atoms with Gasteiger partial charge in [0.2, 0.25) is 0 Å². The first-order valence-corrected chi connectivity index (χ1v) is 6.17. The number of amides is 1. The maximum Gasteiger partial charge on any atom is 0.407 e. The Morgan fingerprint density at radius 1 is 1.50 bits per heavy atom. The predicted octanol–water partition coefficient (Wildman–Crippen LogP) is 0.410. The van der Waals surface area contributed by atoms with Crippen LogP contribution in [0, 0.1) is 0 Å². The Kier molecular flexibility index (Phi) is 4.95. The SMILES string of the molecule is C[C@@H]1O[C@H](CO)[C@@H](O)C[C@H]1NC(=O)OC(C)(C)C. The number of aliphatic hydroxyl groups excluding tert-OH is 2. The summed E-state index contributed by atoms with van der Waals surface area (Å²) in [5.41, 5.74) is -0.560. The summed E-state index contributed by atoms with van der Waals surface area (Å²) >= 11 is 0. The molecule has 1 saturated heterocycles. The first-order chi connectivity index (χ1) is 8.23. The summed E-state index contributed by atoms with van der Waals surface area (Å²) in [6.45, 7) is 6.90. The van der Waals surface area contributed by atoms with Crippen LogP contribution in [0.1, 0.15) is 34.1 Å². The molecule has 106 valence electrons. The van der Waals surface area contributed by atoms with Crippen molar-refractivity contribution in [1.82, 2.24) is 5.32 Å². The van der Waals surface area contributed by atoms with Crippen molar-refractivity contribution in [2.75, 3.05) is 6.61 Å². The highest BCUT2D eigenvalue weighted by Crippen LogP contribution is 2.20. The smallest absolute Gasteiger partial charge is 0.407 e. The van der Waals surface area contributed by atoms with Gasteiger partial charge in [0.15, 0.2) is 0 Å². The number of hydrogen-bond acceptors (Lipinski definition) is 5. The van der Waals surface area contributed by atoms with Gasteiger partial charge >= 0.3 is 6.09 Å². The van der Waals surface area contributed by atoms with E-state index in [1.807, 2.05) is 0 Å². The van der Waals surface area contributed by atoms with Crippen molar-refractivity contribution in [1.29, 1.82) is 0 Å². The largest absolute Gasteiger partial charge is 0.444 e. The number of aliphatic hydroxyl groups is 2. The van der Waals surface area contributed by atoms with Crippen LogP contribution in [0.25, 0.3) is 0 Å². The molecule has 4 atom stereocenters. The first-order valence-electron chi connectivity index (χ1n) is 6.17. The van der Waals surface area contributed by atoms with Crippen LogP contribution in [0.15, 0.2) is 0 Å². The predicted molar refractivity (Wildman–Crippen MR) is 65.2 cm³/mol. The van der Waals surface area contributed by atoms with Crippen LogP contribution in [0.3, 0.4) is 0 Å². The molecule has 0 unspecified atom stereocenters. The Bertz CT molecular complexity index is 289. The van der Waals surface area contributed by atoms with Crippen molar-refractivity contribution in [3.8, 4) is 0 Å². The Balaban J connectivity index is 2.50. The number of carbonyl (C=O) groups is 1. The molecule has 0 spiro atoms. The third-order valence-corrected chi connectivity index (χ3v) is 2.76. The van der Waals surface area contributed by atoms with Crippen molar-refractivity contribution in [2.45, 2.75) is 64.1 Å². The van der Waals surface area contributed by atoms with Crippen LogP contribution >= 0.6 is 0 Å². The molecule has 1 aliphatic rings. The number of nitrogens with one attached hydrogen (secondary N) is 1. The molecule has 6 heteroatoms. The lowest BCUT2D eigenvalue weighted by molar-refractivity contribution is -0.140. The molecule has 0 aliphatic carbocycles. The second-order valence-corrected chi connectivity index (χ2v) is 5.62. The minimum Gasteiger partial charge on any atom is -0.444 e. The molecule has 1 rings (SSSR count). The lowest BCUT2D eigenvalue weighted by Crippen LogP contribution is -2.54. The van der Waals surface area contributed by atoms with Gasteiger partial charge in [-0.1, -0.05) is 0 Å². The number of rotatable bonds is 2. The molecule has 1 aliphatic heterocycles. The van der Waals surface area contributed by atoms with Crippen molar-refractivity contribution in [3.05, 3.63) is 0 Å². The van der Waals surface area contributed by atoms with Gasteiger partial charge in [0.1, 0.15) is 11.7 Å². The van der Waals surface area contributed by atoms with E-state index in [-0.39, 0.29) is 18.8 Å². The van der Waals surface area contributed by atoms with Crippen molar-refractivity contribution in [3.63, 3.8) is 0 Å². The Hall–Kier alpha value is -0.850. The van der Waals surface area contributed by atoms with Gasteiger partial charge in [0.05, 0.1) is 24.9 Å². The van der Waals surface area contributed by atoms with Gasteiger partial charge in [-0.05, 0) is 34.1 Å². The Morgan fingerprint density at radius 3 is 2.61 bits per heavy atom. The molecule has 0 bridgehead atoms. The van der Waals surface area contributed by atoms with Gasteiger partial charge in [-0.15, -0.1) is 0 Å². The normalized spacial score (nSPS) is 33.0. The minimum atomic E-state index is -0.786. The van der Waals surface area contributed by atoms with Crippen LogP contribution in [0.4, 0.5) is 4.79 Å². The van der Waals surface area contributed by atoms with Crippen molar-refractivity contribution < 1.29 is 24.5 Å². The van der Waals surface area contributed by atoms with E-state index < -0.39 is 23.9 Å². The zero-order valence-corrected chi connectivity index (χ0v) is 11.3. The number of ether oxygens (including phenoxy) is 2. The quantitative estimate of drug-likeness (QED) is 0.670. The maximum absolute atomic E-state index is 11.6. The first kappa shape index (κ1) is 15.2. The van der Waals surface area contributed by atoms with Crippen LogP contribution in [-0.4, -0.2) is 52.9 Å². The molecule has 1 heterocycles. The van der Waals surface area contributed by atoms with E-state index in [9.17, 15) is 9.90 Å². The van der Waals surface area contributed by atoms with Gasteiger partial charge in [0.25, 0.3) is 0 Å². The zero-order valence-electron chi connectivity index (χ0n) is 11.3. The van der Waals surface area contributed by atoms with Crippen LogP contribution < -0.4 is 5.32 Å². The van der Waals surface area contributed by atoms with Crippen molar-refractivity contribution >= 4 is 6.09 Å². The second kappa shape index (κ2) is 5.86. The average Bonchev–Trinajstić information content (AvgIpc) is 2.20. The molecule has 1 fully saturated rings. The third-order valence-electron chi connectivity index (χ3n) is 2.76. The molecule has 3 N–H and O–H groups in total. The van der Waals surface area contributed by atoms with Gasteiger partial charge in [0, 0.05) is 0 Å². The van der Waals surface area contributed by atoms with Gasteiger partial charge < -0.3 is 25.0 Å². The van der Waals surface area contributed by atoms with E-state index in [2.05, 4.69) is 5.32 Å². The van der Waals surface area contributed by atoms with E-state index in [1.165, 1.54) is 0 Å². The minimum absolute atomic E-state index is 0.231. The molecule has 6 nitrogen and oxygen atoms in total. The standard InChI is InChI=1S/C12H23NO5/c1-7-8(5-9(15)10(6-14)17-7)13-11(16)18-12(2,3)4/h7-10,14-15H,5-6H2,1-4H3,(H,13,16)/t7-,8+,9-,10+/m0/s1. The van der Waals surface area contributed by atoms with Gasteiger partial charge in [-0.2, -0.15) is 0 Å². The van der Waals surface area contributed by atoms with Crippen LogP contribution in [-0.2, 0) is 9.47 Å². The highest BCUT2D eigenvalue weighted by atomic mass is 16.6. The number of hydrogen-bond donors (Lipinski definition) is 3. The topological polar surface area (TPSA) is 88.0 Å². The summed E-state index contributed by atoms with van der Waals surface area (Å²) in [5.74, 6) is 0. The lowest BCUT2D eigenvalue weighted by Gasteiger charge is -2.37. The molecule has 1 amide bonds. The highest BCUT2D eigenvalue weighted by Gasteiger charge is 2.35. The monoisotopic (exact) mass is 261 g/mol. The fraction of sp³-hybridized carbons (Fsp3) is 0.917. The molecule has 18 heavy (non-hydrogen) atoms. The molecule has 0 aromatic heterocycles. The summed E-state index contributed by atoms with van der Waals surface area (Å²) in [7, 11) is 0. The molecule has 0 radical (unpaired) electrons. The third kappa shape index (κ3) is 4.44. The zero-order chi connectivity index (χ0) is 13.9. The summed E-state index contributed by atoms with van der Waals surface area (Å²) in [4.78, 5) is 11.6. The summed E-state index contributed by atoms with van der Waals surface area (Å²) in [5, 5.41) is 21.4. The summed E-state index contributed by atoms with van der Waals surface area (Å²) < 4.78 is 10.6. The number of alkyl carbamates (subject to hydrolysis) is 1. The fourth-order valence-electron chi connectivity index (χ4n) is 1.86. The van der Waals surface area contributed by atoms with Gasteiger partial charge in [-0.25, -0.2) is 4.79 Å². The fourth-order valence-corrected chi connectivity index (χ4v) is 1.86. The van der Waals surface area contributed by atoms with Crippen LogP contribution in [0.2, 0.25) is 0 Å². The summed E-state index contributed by atoms with van der Waals surface area (Å²) in [6.07, 6.45) is -1.84. The molecule has 0 aromatic carbocycles. The van der Waals surface area contributed by atoms with E-state index in [0.717, 1.165) is 0 Å². The molecule has 0 saturated carbocycles. The molecular weight excluding hydrogens is 238 g/mol. The second-order valence-electron chi connectivity index (χ2n) is 5.62. The van der Waals surface area contributed by atoms with Crippen LogP contribution in [0.5, 0.6) is 0 Å². The van der Waals surface area contributed by atoms with Gasteiger partial charge in [-0.3, -0.25) is 0 Å². The Morgan fingerprint density at radius 2 is 2.11 bits per heavy atom. The highest BCUT2D eigenvalue weighted by molar-refractivity contribution is 5.68.